The Bertz CT molecular complexity index is 380. The zero-order valence-corrected chi connectivity index (χ0v) is 12.7. The second-order valence-corrected chi connectivity index (χ2v) is 7.23. The maximum Gasteiger partial charge on any atom is 0.0189 e. The van der Waals surface area contributed by atoms with Gasteiger partial charge in [-0.25, -0.2) is 0 Å². The molecule has 2 atom stereocenters. The smallest absolute Gasteiger partial charge is 0.0189 e. The van der Waals surface area contributed by atoms with E-state index in [2.05, 4.69) is 41.1 Å². The Morgan fingerprint density at radius 1 is 1.41 bits per heavy atom. The number of rotatable bonds is 3. The van der Waals surface area contributed by atoms with Crippen molar-refractivity contribution < 1.29 is 0 Å². The number of hydrogen-bond donors (Lipinski definition) is 1. The van der Waals surface area contributed by atoms with E-state index in [4.69, 9.17) is 5.73 Å². The topological polar surface area (TPSA) is 26.0 Å². The minimum absolute atomic E-state index is 0.637. The van der Waals surface area contributed by atoms with E-state index in [0.29, 0.717) is 6.54 Å². The lowest BCUT2D eigenvalue weighted by molar-refractivity contribution is 0.394. The third-order valence-corrected chi connectivity index (χ3v) is 5.32. The van der Waals surface area contributed by atoms with Gasteiger partial charge in [0.1, 0.15) is 0 Å². The Labute approximate surface area is 117 Å². The lowest BCUT2D eigenvalue weighted by Gasteiger charge is -2.26. The van der Waals surface area contributed by atoms with E-state index < -0.39 is 0 Å². The van der Waals surface area contributed by atoms with Crippen LogP contribution in [0.15, 0.2) is 27.6 Å². The number of thioether (sulfide) groups is 1. The summed E-state index contributed by atoms with van der Waals surface area (Å²) in [4.78, 5) is 1.36. The Hall–Kier alpha value is 0.01000. The van der Waals surface area contributed by atoms with Crippen LogP contribution in [0.4, 0.5) is 0 Å². The summed E-state index contributed by atoms with van der Waals surface area (Å²) in [7, 11) is 0. The first-order valence-electron chi connectivity index (χ1n) is 6.34. The molecule has 3 heteroatoms. The summed E-state index contributed by atoms with van der Waals surface area (Å²) < 4.78 is 1.15. The number of halogens is 1. The second kappa shape index (κ2) is 6.26. The third kappa shape index (κ3) is 3.73. The first-order chi connectivity index (χ1) is 8.19. The molecular formula is C14H20BrNS. The summed E-state index contributed by atoms with van der Waals surface area (Å²) in [5.74, 6) is 0.884. The van der Waals surface area contributed by atoms with Crippen LogP contribution in [0.5, 0.6) is 0 Å². The van der Waals surface area contributed by atoms with Crippen molar-refractivity contribution in [1.29, 1.82) is 0 Å². The highest BCUT2D eigenvalue weighted by Gasteiger charge is 2.20. The van der Waals surface area contributed by atoms with Crippen LogP contribution in [-0.4, -0.2) is 5.25 Å². The third-order valence-electron chi connectivity index (χ3n) is 3.43. The average Bonchev–Trinajstić information content (AvgIpc) is 2.29. The molecule has 0 amide bonds. The van der Waals surface area contributed by atoms with Gasteiger partial charge in [-0.2, -0.15) is 0 Å². The van der Waals surface area contributed by atoms with Crippen LogP contribution in [0, 0.1) is 5.92 Å². The largest absolute Gasteiger partial charge is 0.326 e. The molecule has 0 aliphatic heterocycles. The molecule has 1 nitrogen and oxygen atoms in total. The van der Waals surface area contributed by atoms with Crippen LogP contribution in [0.2, 0.25) is 0 Å². The van der Waals surface area contributed by atoms with E-state index in [0.717, 1.165) is 15.6 Å². The van der Waals surface area contributed by atoms with Crippen molar-refractivity contribution >= 4 is 27.7 Å². The normalized spacial score (nSPS) is 24.9. The molecule has 0 bridgehead atoms. The molecule has 0 radical (unpaired) electrons. The molecule has 1 aromatic carbocycles. The van der Waals surface area contributed by atoms with E-state index in [1.54, 1.807) is 0 Å². The van der Waals surface area contributed by atoms with Gasteiger partial charge < -0.3 is 5.73 Å². The van der Waals surface area contributed by atoms with Crippen LogP contribution in [-0.2, 0) is 6.54 Å². The van der Waals surface area contributed by atoms with E-state index in [1.165, 1.54) is 36.1 Å². The predicted molar refractivity (Wildman–Crippen MR) is 79.3 cm³/mol. The molecule has 17 heavy (non-hydrogen) atoms. The Kier molecular flexibility index (Phi) is 4.95. The average molecular weight is 314 g/mol. The van der Waals surface area contributed by atoms with Crippen LogP contribution in [0.3, 0.4) is 0 Å². The van der Waals surface area contributed by atoms with Gasteiger partial charge in [-0.1, -0.05) is 41.8 Å². The molecule has 1 aliphatic rings. The molecule has 1 fully saturated rings. The maximum atomic E-state index is 5.80. The maximum absolute atomic E-state index is 5.80. The van der Waals surface area contributed by atoms with Crippen LogP contribution in [0.25, 0.3) is 0 Å². The predicted octanol–water partition coefficient (Wildman–Crippen LogP) is 4.58. The van der Waals surface area contributed by atoms with Gasteiger partial charge in [0.25, 0.3) is 0 Å². The summed E-state index contributed by atoms with van der Waals surface area (Å²) in [5, 5.41) is 0.776. The molecule has 0 saturated heterocycles. The van der Waals surface area contributed by atoms with Crippen LogP contribution < -0.4 is 5.73 Å². The molecule has 94 valence electrons. The Morgan fingerprint density at radius 2 is 2.24 bits per heavy atom. The Morgan fingerprint density at radius 3 is 2.94 bits per heavy atom. The van der Waals surface area contributed by atoms with Gasteiger partial charge in [-0.05, 0) is 36.5 Å². The van der Waals surface area contributed by atoms with Crippen molar-refractivity contribution in [2.45, 2.75) is 49.3 Å². The molecule has 1 aliphatic carbocycles. The van der Waals surface area contributed by atoms with Gasteiger partial charge in [0.15, 0.2) is 0 Å². The number of nitrogens with two attached hydrogens (primary N) is 1. The van der Waals surface area contributed by atoms with Gasteiger partial charge in [-0.3, -0.25) is 0 Å². The van der Waals surface area contributed by atoms with Crippen LogP contribution in [0.1, 0.15) is 38.2 Å². The second-order valence-electron chi connectivity index (χ2n) is 4.97. The molecule has 2 rings (SSSR count). The van der Waals surface area contributed by atoms with E-state index in [-0.39, 0.29) is 0 Å². The summed E-state index contributed by atoms with van der Waals surface area (Å²) in [5.41, 5.74) is 7.08. The minimum Gasteiger partial charge on any atom is -0.326 e. The van der Waals surface area contributed by atoms with Crippen molar-refractivity contribution in [3.05, 3.63) is 28.2 Å². The molecular weight excluding hydrogens is 294 g/mol. The lowest BCUT2D eigenvalue weighted by Crippen LogP contribution is -2.15. The highest BCUT2D eigenvalue weighted by molar-refractivity contribution is 9.10. The number of hydrogen-bond acceptors (Lipinski definition) is 2. The van der Waals surface area contributed by atoms with Gasteiger partial charge in [0.05, 0.1) is 0 Å². The van der Waals surface area contributed by atoms with Crippen molar-refractivity contribution in [2.24, 2.45) is 11.7 Å². The fourth-order valence-corrected chi connectivity index (χ4v) is 4.55. The van der Waals surface area contributed by atoms with Gasteiger partial charge in [0.2, 0.25) is 0 Å². The molecule has 2 N–H and O–H groups in total. The van der Waals surface area contributed by atoms with Gasteiger partial charge >= 0.3 is 0 Å². The van der Waals surface area contributed by atoms with Crippen molar-refractivity contribution in [2.75, 3.05) is 0 Å². The number of benzene rings is 1. The van der Waals surface area contributed by atoms with Crippen molar-refractivity contribution in [3.8, 4) is 0 Å². The summed E-state index contributed by atoms with van der Waals surface area (Å²) in [6.07, 6.45) is 5.48. The molecule has 0 aromatic heterocycles. The van der Waals surface area contributed by atoms with E-state index in [9.17, 15) is 0 Å². The highest BCUT2D eigenvalue weighted by Crippen LogP contribution is 2.38. The van der Waals surface area contributed by atoms with Crippen molar-refractivity contribution in [3.63, 3.8) is 0 Å². The zero-order valence-electron chi connectivity index (χ0n) is 10.3. The summed E-state index contributed by atoms with van der Waals surface area (Å²) >= 11 is 5.57. The summed E-state index contributed by atoms with van der Waals surface area (Å²) in [6.45, 7) is 3.01. The molecule has 0 spiro atoms. The molecule has 2 unspecified atom stereocenters. The standard InChI is InChI=1S/C14H20BrNS/c1-10-3-2-4-13(7-10)17-14-8-12(15)6-5-11(14)9-16/h5-6,8,10,13H,2-4,7,9,16H2,1H3. The molecule has 1 saturated carbocycles. The monoisotopic (exact) mass is 313 g/mol. The molecule has 0 heterocycles. The first kappa shape index (κ1) is 13.4. The fraction of sp³-hybridized carbons (Fsp3) is 0.571. The van der Waals surface area contributed by atoms with E-state index in [1.807, 2.05) is 11.8 Å². The van der Waals surface area contributed by atoms with Gasteiger partial charge in [0, 0.05) is 21.2 Å². The first-order valence-corrected chi connectivity index (χ1v) is 8.01. The fourth-order valence-electron chi connectivity index (χ4n) is 2.47. The Balaban J connectivity index is 2.08. The van der Waals surface area contributed by atoms with Crippen molar-refractivity contribution in [1.82, 2.24) is 0 Å². The van der Waals surface area contributed by atoms with E-state index >= 15 is 0 Å². The summed E-state index contributed by atoms with van der Waals surface area (Å²) in [6, 6.07) is 6.43. The van der Waals surface area contributed by atoms with Crippen LogP contribution >= 0.6 is 27.7 Å². The minimum atomic E-state index is 0.637. The lowest BCUT2D eigenvalue weighted by atomic mass is 9.91. The highest BCUT2D eigenvalue weighted by atomic mass is 79.9. The van der Waals surface area contributed by atoms with Gasteiger partial charge in [-0.15, -0.1) is 11.8 Å². The SMILES string of the molecule is CC1CCCC(Sc2cc(Br)ccc2CN)C1. The zero-order chi connectivity index (χ0) is 12.3. The quantitative estimate of drug-likeness (QED) is 0.884. The molecule has 1 aromatic rings.